The summed E-state index contributed by atoms with van der Waals surface area (Å²) in [4.78, 5) is 11.1. The van der Waals surface area contributed by atoms with Crippen molar-refractivity contribution < 1.29 is 9.46 Å². The lowest BCUT2D eigenvalue weighted by Crippen LogP contribution is -2.27. The van der Waals surface area contributed by atoms with Crippen molar-refractivity contribution in [3.63, 3.8) is 0 Å². The SMILES string of the molecule is CCCCCCCCC1CCC(P(=O)(O)C2CCC(CCCCCCCC)CC2)CC1. The molecule has 3 heteroatoms. The molecule has 0 bridgehead atoms. The van der Waals surface area contributed by atoms with Gasteiger partial charge in [-0.25, -0.2) is 0 Å². The van der Waals surface area contributed by atoms with Crippen LogP contribution in [0.1, 0.15) is 155 Å². The largest absolute Gasteiger partial charge is 0.344 e. The normalized spacial score (nSPS) is 29.0. The third-order valence-electron chi connectivity index (χ3n) is 8.61. The highest BCUT2D eigenvalue weighted by molar-refractivity contribution is 7.59. The molecule has 2 aliphatic carbocycles. The van der Waals surface area contributed by atoms with Crippen LogP contribution in [0.3, 0.4) is 0 Å². The second-order valence-corrected chi connectivity index (χ2v) is 13.9. The monoisotopic (exact) mass is 454 g/mol. The molecule has 0 aliphatic heterocycles. The van der Waals surface area contributed by atoms with Crippen LogP contribution >= 0.6 is 7.37 Å². The van der Waals surface area contributed by atoms with Crippen LogP contribution in [-0.2, 0) is 4.57 Å². The maximum Gasteiger partial charge on any atom is 0.206 e. The molecule has 0 atom stereocenters. The van der Waals surface area contributed by atoms with Crippen LogP contribution in [0.25, 0.3) is 0 Å². The molecule has 184 valence electrons. The van der Waals surface area contributed by atoms with Gasteiger partial charge >= 0.3 is 0 Å². The Kier molecular flexibility index (Phi) is 14.1. The van der Waals surface area contributed by atoms with Gasteiger partial charge in [-0.1, -0.05) is 104 Å². The van der Waals surface area contributed by atoms with Crippen molar-refractivity contribution in [1.82, 2.24) is 0 Å². The fourth-order valence-electron chi connectivity index (χ4n) is 6.33. The van der Waals surface area contributed by atoms with Gasteiger partial charge in [0.2, 0.25) is 7.37 Å². The van der Waals surface area contributed by atoms with Crippen molar-refractivity contribution in [1.29, 1.82) is 0 Å². The molecule has 0 aromatic heterocycles. The Labute approximate surface area is 195 Å². The van der Waals surface area contributed by atoms with Crippen molar-refractivity contribution >= 4 is 7.37 Å². The van der Waals surface area contributed by atoms with Gasteiger partial charge in [0, 0.05) is 11.3 Å². The van der Waals surface area contributed by atoms with E-state index in [4.69, 9.17) is 0 Å². The Balaban J connectivity index is 1.59. The first kappa shape index (κ1) is 27.4. The van der Waals surface area contributed by atoms with Crippen LogP contribution in [-0.4, -0.2) is 16.2 Å². The van der Waals surface area contributed by atoms with Gasteiger partial charge in [-0.2, -0.15) is 0 Å². The van der Waals surface area contributed by atoms with Crippen LogP contribution < -0.4 is 0 Å². The lowest BCUT2D eigenvalue weighted by Gasteiger charge is -2.38. The van der Waals surface area contributed by atoms with E-state index in [1.165, 1.54) is 116 Å². The summed E-state index contributed by atoms with van der Waals surface area (Å²) in [5, 5.41) is 0. The number of unbranched alkanes of at least 4 members (excludes halogenated alkanes) is 10. The molecular weight excluding hydrogens is 399 g/mol. The van der Waals surface area contributed by atoms with E-state index in [-0.39, 0.29) is 11.3 Å². The van der Waals surface area contributed by atoms with Gasteiger partial charge in [0.15, 0.2) is 0 Å². The predicted octanol–water partition coefficient (Wildman–Crippen LogP) is 9.88. The van der Waals surface area contributed by atoms with Crippen LogP contribution in [0.5, 0.6) is 0 Å². The lowest BCUT2D eigenvalue weighted by molar-refractivity contribution is 0.295. The summed E-state index contributed by atoms with van der Waals surface area (Å²) in [6, 6.07) is 0. The average Bonchev–Trinajstić information content (AvgIpc) is 2.79. The van der Waals surface area contributed by atoms with Crippen LogP contribution in [0.4, 0.5) is 0 Å². The Bertz CT molecular complexity index is 435. The molecule has 0 unspecified atom stereocenters. The topological polar surface area (TPSA) is 37.3 Å². The Hall–Kier alpha value is 0.190. The van der Waals surface area contributed by atoms with Gasteiger partial charge in [-0.15, -0.1) is 0 Å². The van der Waals surface area contributed by atoms with Crippen LogP contribution in [0, 0.1) is 11.8 Å². The molecule has 0 amide bonds. The fraction of sp³-hybridized carbons (Fsp3) is 1.00. The summed E-state index contributed by atoms with van der Waals surface area (Å²) < 4.78 is 13.4. The molecule has 0 radical (unpaired) electrons. The summed E-state index contributed by atoms with van der Waals surface area (Å²) in [7, 11) is -2.98. The van der Waals surface area contributed by atoms with E-state index < -0.39 is 7.37 Å². The number of rotatable bonds is 16. The van der Waals surface area contributed by atoms with E-state index in [0.717, 1.165) is 37.5 Å². The zero-order valence-electron chi connectivity index (χ0n) is 21.2. The first-order chi connectivity index (χ1) is 15.1. The van der Waals surface area contributed by atoms with Gasteiger partial charge in [0.25, 0.3) is 0 Å². The zero-order valence-corrected chi connectivity index (χ0v) is 22.1. The first-order valence-corrected chi connectivity index (χ1v) is 16.2. The summed E-state index contributed by atoms with van der Waals surface area (Å²) in [5.74, 6) is 1.66. The van der Waals surface area contributed by atoms with Crippen molar-refractivity contribution in [2.75, 3.05) is 0 Å². The maximum absolute atomic E-state index is 13.4. The molecule has 0 spiro atoms. The zero-order chi connectivity index (χ0) is 22.4. The molecule has 0 aromatic rings. The number of hydrogen-bond acceptors (Lipinski definition) is 1. The quantitative estimate of drug-likeness (QED) is 0.186. The molecule has 2 nitrogen and oxygen atoms in total. The van der Waals surface area contributed by atoms with Crippen LogP contribution in [0.2, 0.25) is 0 Å². The minimum Gasteiger partial charge on any atom is -0.344 e. The highest BCUT2D eigenvalue weighted by Crippen LogP contribution is 2.60. The Morgan fingerprint density at radius 1 is 0.548 bits per heavy atom. The smallest absolute Gasteiger partial charge is 0.206 e. The summed E-state index contributed by atoms with van der Waals surface area (Å²) in [5.41, 5.74) is 0.238. The molecule has 2 saturated carbocycles. The van der Waals surface area contributed by atoms with E-state index in [2.05, 4.69) is 13.8 Å². The molecule has 31 heavy (non-hydrogen) atoms. The Morgan fingerprint density at radius 3 is 1.23 bits per heavy atom. The minimum absolute atomic E-state index is 0.119. The summed E-state index contributed by atoms with van der Waals surface area (Å²) in [6.07, 6.45) is 28.2. The maximum atomic E-state index is 13.4. The highest BCUT2D eigenvalue weighted by Gasteiger charge is 2.41. The standard InChI is InChI=1S/C28H55O2P/c1-3-5-7-9-11-13-15-25-17-21-27(22-18-25)31(29,30)28-23-19-26(20-24-28)16-14-12-10-8-6-4-2/h25-28H,3-24H2,1-2H3,(H,29,30). The Morgan fingerprint density at radius 2 is 0.871 bits per heavy atom. The van der Waals surface area contributed by atoms with Crippen molar-refractivity contribution in [3.8, 4) is 0 Å². The van der Waals surface area contributed by atoms with E-state index in [9.17, 15) is 9.46 Å². The summed E-state index contributed by atoms with van der Waals surface area (Å²) >= 11 is 0. The second kappa shape index (κ2) is 15.9. The van der Waals surface area contributed by atoms with Crippen molar-refractivity contribution in [2.24, 2.45) is 11.8 Å². The third-order valence-corrected chi connectivity index (χ3v) is 11.7. The van der Waals surface area contributed by atoms with Crippen molar-refractivity contribution in [2.45, 2.75) is 166 Å². The van der Waals surface area contributed by atoms with Gasteiger partial charge < -0.3 is 4.89 Å². The molecule has 2 rings (SSSR count). The second-order valence-electron chi connectivity index (χ2n) is 11.1. The minimum atomic E-state index is -2.98. The third kappa shape index (κ3) is 10.3. The van der Waals surface area contributed by atoms with E-state index in [1.54, 1.807) is 0 Å². The number of hydrogen-bond donors (Lipinski definition) is 1. The molecule has 1 N–H and O–H groups in total. The van der Waals surface area contributed by atoms with Gasteiger partial charge in [0.05, 0.1) is 0 Å². The van der Waals surface area contributed by atoms with E-state index in [1.807, 2.05) is 0 Å². The van der Waals surface area contributed by atoms with Gasteiger partial charge in [0.1, 0.15) is 0 Å². The molecule has 2 aliphatic rings. The molecule has 0 heterocycles. The fourth-order valence-corrected chi connectivity index (χ4v) is 9.00. The van der Waals surface area contributed by atoms with E-state index in [0.29, 0.717) is 0 Å². The summed E-state index contributed by atoms with van der Waals surface area (Å²) in [6.45, 7) is 4.56. The molecule has 2 fully saturated rings. The predicted molar refractivity (Wildman–Crippen MR) is 137 cm³/mol. The molecule has 0 aromatic carbocycles. The first-order valence-electron chi connectivity index (χ1n) is 14.4. The van der Waals surface area contributed by atoms with Gasteiger partial charge in [-0.05, 0) is 63.2 Å². The van der Waals surface area contributed by atoms with Gasteiger partial charge in [-0.3, -0.25) is 4.57 Å². The highest BCUT2D eigenvalue weighted by atomic mass is 31.2. The van der Waals surface area contributed by atoms with Crippen LogP contribution in [0.15, 0.2) is 0 Å². The average molecular weight is 455 g/mol. The molecular formula is C28H55O2P. The molecule has 0 saturated heterocycles. The lowest BCUT2D eigenvalue weighted by atomic mass is 9.85. The van der Waals surface area contributed by atoms with E-state index >= 15 is 0 Å². The van der Waals surface area contributed by atoms with Crippen molar-refractivity contribution in [3.05, 3.63) is 0 Å².